The maximum absolute atomic E-state index is 4.50. The summed E-state index contributed by atoms with van der Waals surface area (Å²) in [6, 6.07) is 3.99. The van der Waals surface area contributed by atoms with Crippen molar-refractivity contribution in [3.63, 3.8) is 0 Å². The van der Waals surface area contributed by atoms with Crippen LogP contribution in [0.3, 0.4) is 0 Å². The first-order valence-electron chi connectivity index (χ1n) is 5.78. The van der Waals surface area contributed by atoms with Crippen molar-refractivity contribution in [1.29, 1.82) is 0 Å². The van der Waals surface area contributed by atoms with Gasteiger partial charge in [-0.3, -0.25) is 9.97 Å². The standard InChI is InChI=1S/C13H16N4/c1-3-6-15-13-9-14-8-12(17-13)11-5-4-10(2)16-7-11/h4-5,7-9H,3,6H2,1-2H3,(H,15,17). The van der Waals surface area contributed by atoms with Crippen molar-refractivity contribution in [3.05, 3.63) is 36.4 Å². The van der Waals surface area contributed by atoms with Gasteiger partial charge in [-0.15, -0.1) is 0 Å². The van der Waals surface area contributed by atoms with Gasteiger partial charge in [-0.05, 0) is 25.5 Å². The number of aryl methyl sites for hydroxylation is 1. The summed E-state index contributed by atoms with van der Waals surface area (Å²) in [4.78, 5) is 12.9. The lowest BCUT2D eigenvalue weighted by molar-refractivity contribution is 0.965. The Bertz CT molecular complexity index is 479. The van der Waals surface area contributed by atoms with Gasteiger partial charge in [-0.25, -0.2) is 4.98 Å². The molecule has 0 bridgehead atoms. The molecule has 0 saturated carbocycles. The van der Waals surface area contributed by atoms with Crippen LogP contribution in [0.25, 0.3) is 11.3 Å². The van der Waals surface area contributed by atoms with Crippen LogP contribution in [0.15, 0.2) is 30.7 Å². The Morgan fingerprint density at radius 2 is 2.06 bits per heavy atom. The second-order valence-corrected chi connectivity index (χ2v) is 3.90. The molecule has 0 fully saturated rings. The number of nitrogens with one attached hydrogen (secondary N) is 1. The predicted octanol–water partition coefficient (Wildman–Crippen LogP) is 2.67. The largest absolute Gasteiger partial charge is 0.369 e. The molecule has 88 valence electrons. The molecule has 17 heavy (non-hydrogen) atoms. The third-order valence-electron chi connectivity index (χ3n) is 2.40. The summed E-state index contributed by atoms with van der Waals surface area (Å²) in [5, 5.41) is 3.22. The van der Waals surface area contributed by atoms with E-state index in [2.05, 4.69) is 27.2 Å². The van der Waals surface area contributed by atoms with Gasteiger partial charge in [0.25, 0.3) is 0 Å². The minimum absolute atomic E-state index is 0.810. The topological polar surface area (TPSA) is 50.7 Å². The zero-order valence-electron chi connectivity index (χ0n) is 10.1. The fraction of sp³-hybridized carbons (Fsp3) is 0.308. The van der Waals surface area contributed by atoms with E-state index in [1.54, 1.807) is 12.4 Å². The Morgan fingerprint density at radius 1 is 1.18 bits per heavy atom. The number of rotatable bonds is 4. The van der Waals surface area contributed by atoms with Crippen LogP contribution in [0.2, 0.25) is 0 Å². The first kappa shape index (κ1) is 11.5. The van der Waals surface area contributed by atoms with Crippen LogP contribution in [-0.2, 0) is 0 Å². The molecule has 2 rings (SSSR count). The first-order valence-corrected chi connectivity index (χ1v) is 5.78. The molecule has 2 heterocycles. The Morgan fingerprint density at radius 3 is 2.76 bits per heavy atom. The van der Waals surface area contributed by atoms with E-state index < -0.39 is 0 Å². The number of nitrogens with zero attached hydrogens (tertiary/aromatic N) is 3. The lowest BCUT2D eigenvalue weighted by atomic mass is 10.2. The van der Waals surface area contributed by atoms with E-state index in [0.717, 1.165) is 35.7 Å². The Hall–Kier alpha value is -1.97. The summed E-state index contributed by atoms with van der Waals surface area (Å²) >= 11 is 0. The smallest absolute Gasteiger partial charge is 0.145 e. The quantitative estimate of drug-likeness (QED) is 0.874. The molecular weight excluding hydrogens is 212 g/mol. The van der Waals surface area contributed by atoms with Gasteiger partial charge in [0.15, 0.2) is 0 Å². The highest BCUT2D eigenvalue weighted by molar-refractivity contribution is 5.58. The lowest BCUT2D eigenvalue weighted by Crippen LogP contribution is -2.02. The van der Waals surface area contributed by atoms with Crippen LogP contribution in [0.5, 0.6) is 0 Å². The monoisotopic (exact) mass is 228 g/mol. The number of hydrogen-bond donors (Lipinski definition) is 1. The zero-order valence-corrected chi connectivity index (χ0v) is 10.1. The molecule has 0 unspecified atom stereocenters. The van der Waals surface area contributed by atoms with Crippen LogP contribution in [0.1, 0.15) is 19.0 Å². The van der Waals surface area contributed by atoms with E-state index in [-0.39, 0.29) is 0 Å². The molecule has 0 saturated heterocycles. The van der Waals surface area contributed by atoms with Gasteiger partial charge in [0.1, 0.15) is 5.82 Å². The lowest BCUT2D eigenvalue weighted by Gasteiger charge is -2.05. The molecule has 2 aromatic rings. The molecule has 0 amide bonds. The van der Waals surface area contributed by atoms with E-state index in [9.17, 15) is 0 Å². The summed E-state index contributed by atoms with van der Waals surface area (Å²) < 4.78 is 0. The van der Waals surface area contributed by atoms with E-state index >= 15 is 0 Å². The van der Waals surface area contributed by atoms with Crippen LogP contribution >= 0.6 is 0 Å². The van der Waals surface area contributed by atoms with Gasteiger partial charge in [0.05, 0.1) is 18.1 Å². The van der Waals surface area contributed by atoms with Crippen LogP contribution in [0.4, 0.5) is 5.82 Å². The highest BCUT2D eigenvalue weighted by Crippen LogP contribution is 2.16. The van der Waals surface area contributed by atoms with Gasteiger partial charge < -0.3 is 5.32 Å². The minimum atomic E-state index is 0.810. The fourth-order valence-corrected chi connectivity index (χ4v) is 1.46. The second kappa shape index (κ2) is 5.39. The van der Waals surface area contributed by atoms with Crippen molar-refractivity contribution in [1.82, 2.24) is 15.0 Å². The van der Waals surface area contributed by atoms with Gasteiger partial charge in [0, 0.05) is 24.0 Å². The molecule has 2 aromatic heterocycles. The van der Waals surface area contributed by atoms with Crippen molar-refractivity contribution < 1.29 is 0 Å². The van der Waals surface area contributed by atoms with Crippen LogP contribution in [0, 0.1) is 6.92 Å². The second-order valence-electron chi connectivity index (χ2n) is 3.90. The molecule has 0 radical (unpaired) electrons. The number of hydrogen-bond acceptors (Lipinski definition) is 4. The fourth-order valence-electron chi connectivity index (χ4n) is 1.46. The highest BCUT2D eigenvalue weighted by atomic mass is 15.0. The summed E-state index contributed by atoms with van der Waals surface area (Å²) in [6.45, 7) is 4.99. The normalized spacial score (nSPS) is 10.2. The predicted molar refractivity (Wildman–Crippen MR) is 68.8 cm³/mol. The molecule has 0 aliphatic rings. The third kappa shape index (κ3) is 3.00. The van der Waals surface area contributed by atoms with Gasteiger partial charge in [-0.1, -0.05) is 6.92 Å². The summed E-state index contributed by atoms with van der Waals surface area (Å²) in [5.74, 6) is 0.810. The highest BCUT2D eigenvalue weighted by Gasteiger charge is 2.01. The molecule has 0 aromatic carbocycles. The average Bonchev–Trinajstić information content (AvgIpc) is 2.37. The van der Waals surface area contributed by atoms with E-state index in [4.69, 9.17) is 0 Å². The zero-order chi connectivity index (χ0) is 12.1. The molecule has 0 spiro atoms. The van der Waals surface area contributed by atoms with Crippen molar-refractivity contribution >= 4 is 5.82 Å². The molecule has 0 aliphatic carbocycles. The van der Waals surface area contributed by atoms with Crippen molar-refractivity contribution in [2.75, 3.05) is 11.9 Å². The first-order chi connectivity index (χ1) is 8.29. The maximum atomic E-state index is 4.50. The number of anilines is 1. The molecule has 4 nitrogen and oxygen atoms in total. The number of pyridine rings is 1. The van der Waals surface area contributed by atoms with E-state index in [1.807, 2.05) is 25.3 Å². The molecule has 1 N–H and O–H groups in total. The van der Waals surface area contributed by atoms with Crippen LogP contribution in [-0.4, -0.2) is 21.5 Å². The van der Waals surface area contributed by atoms with Gasteiger partial charge in [-0.2, -0.15) is 0 Å². The summed E-state index contributed by atoms with van der Waals surface area (Å²) in [7, 11) is 0. The van der Waals surface area contributed by atoms with E-state index in [1.165, 1.54) is 0 Å². The van der Waals surface area contributed by atoms with Crippen molar-refractivity contribution in [3.8, 4) is 11.3 Å². The Balaban J connectivity index is 2.23. The third-order valence-corrected chi connectivity index (χ3v) is 2.40. The number of aromatic nitrogens is 3. The summed E-state index contributed by atoms with van der Waals surface area (Å²) in [6.07, 6.45) is 6.38. The van der Waals surface area contributed by atoms with Crippen molar-refractivity contribution in [2.24, 2.45) is 0 Å². The van der Waals surface area contributed by atoms with Crippen molar-refractivity contribution in [2.45, 2.75) is 20.3 Å². The summed E-state index contributed by atoms with van der Waals surface area (Å²) in [5.41, 5.74) is 2.84. The SMILES string of the molecule is CCCNc1cncc(-c2ccc(C)nc2)n1. The molecule has 0 aliphatic heterocycles. The molecule has 0 atom stereocenters. The van der Waals surface area contributed by atoms with Gasteiger partial charge >= 0.3 is 0 Å². The Labute approximate surface area is 101 Å². The van der Waals surface area contributed by atoms with E-state index in [0.29, 0.717) is 0 Å². The average molecular weight is 228 g/mol. The Kier molecular flexibility index (Phi) is 3.65. The van der Waals surface area contributed by atoms with Gasteiger partial charge in [0.2, 0.25) is 0 Å². The van der Waals surface area contributed by atoms with Crippen LogP contribution < -0.4 is 5.32 Å². The minimum Gasteiger partial charge on any atom is -0.369 e. The molecular formula is C13H16N4. The molecule has 4 heteroatoms. The maximum Gasteiger partial charge on any atom is 0.145 e.